The fraction of sp³-hybridized carbons (Fsp3) is 0.750. The monoisotopic (exact) mass is 346 g/mol. The number of hydrogen-bond acceptors (Lipinski definition) is 4. The Labute approximate surface area is 149 Å². The number of carbonyl (C=O) groups excluding carboxylic acids is 2. The van der Waals surface area contributed by atoms with Crippen LogP contribution in [0.4, 0.5) is 0 Å². The maximum absolute atomic E-state index is 13.1. The highest BCUT2D eigenvalue weighted by atomic mass is 16.4. The van der Waals surface area contributed by atoms with Crippen molar-refractivity contribution in [2.45, 2.75) is 66.2 Å². The molecule has 4 rings (SSSR count). The molecule has 2 N–H and O–H groups in total. The van der Waals surface area contributed by atoms with Crippen molar-refractivity contribution in [3.63, 3.8) is 0 Å². The lowest BCUT2D eigenvalue weighted by Crippen LogP contribution is -2.57. The van der Waals surface area contributed by atoms with Gasteiger partial charge in [0.2, 0.25) is 5.91 Å². The first kappa shape index (κ1) is 18.2. The molecule has 0 aromatic heterocycles. The van der Waals surface area contributed by atoms with E-state index < -0.39 is 0 Å². The second-order valence-corrected chi connectivity index (χ2v) is 8.21. The lowest BCUT2D eigenvalue weighted by atomic mass is 9.49. The van der Waals surface area contributed by atoms with Crippen molar-refractivity contribution >= 4 is 17.4 Å². The van der Waals surface area contributed by atoms with Crippen LogP contribution in [-0.2, 0) is 9.59 Å². The normalized spacial score (nSPS) is 43.9. The van der Waals surface area contributed by atoms with E-state index in [0.29, 0.717) is 24.7 Å². The summed E-state index contributed by atoms with van der Waals surface area (Å²) in [6.45, 7) is 8.24. The Morgan fingerprint density at radius 3 is 2.60 bits per heavy atom. The minimum absolute atomic E-state index is 0.0146. The number of amides is 1. The molecular formula is C20H30N2O3. The molecule has 0 aromatic carbocycles. The number of nitrogens with one attached hydrogen (secondary N) is 1. The lowest BCUT2D eigenvalue weighted by molar-refractivity contribution is -0.142. The zero-order valence-corrected chi connectivity index (χ0v) is 15.8. The highest BCUT2D eigenvalue weighted by Gasteiger charge is 2.61. The predicted octanol–water partition coefficient (Wildman–Crippen LogP) is 3.67. The van der Waals surface area contributed by atoms with E-state index in [1.807, 2.05) is 13.8 Å². The largest absolute Gasteiger partial charge is 0.411 e. The zero-order chi connectivity index (χ0) is 18.4. The van der Waals surface area contributed by atoms with Crippen molar-refractivity contribution in [1.82, 2.24) is 5.32 Å². The van der Waals surface area contributed by atoms with Gasteiger partial charge in [-0.15, -0.1) is 0 Å². The fourth-order valence-corrected chi connectivity index (χ4v) is 5.99. The van der Waals surface area contributed by atoms with Crippen LogP contribution in [0.5, 0.6) is 0 Å². The molecule has 5 nitrogen and oxygen atoms in total. The van der Waals surface area contributed by atoms with Crippen molar-refractivity contribution in [1.29, 1.82) is 0 Å². The third kappa shape index (κ3) is 2.46. The molecule has 5 atom stereocenters. The molecule has 5 unspecified atom stereocenters. The Balaban J connectivity index is 0.000000880. The van der Waals surface area contributed by atoms with Gasteiger partial charge in [-0.3, -0.25) is 9.59 Å². The van der Waals surface area contributed by atoms with Crippen LogP contribution in [-0.4, -0.2) is 22.6 Å². The van der Waals surface area contributed by atoms with E-state index in [9.17, 15) is 14.8 Å². The Morgan fingerprint density at radius 2 is 1.92 bits per heavy atom. The number of hydrogen-bond donors (Lipinski definition) is 2. The van der Waals surface area contributed by atoms with Crippen LogP contribution in [0.25, 0.3) is 0 Å². The molecule has 4 aliphatic rings. The molecule has 25 heavy (non-hydrogen) atoms. The van der Waals surface area contributed by atoms with Crippen molar-refractivity contribution in [3.8, 4) is 0 Å². The molecule has 1 aliphatic heterocycles. The average Bonchev–Trinajstić information content (AvgIpc) is 2.92. The van der Waals surface area contributed by atoms with E-state index in [-0.39, 0.29) is 28.4 Å². The highest BCUT2D eigenvalue weighted by Crippen LogP contribution is 2.61. The summed E-state index contributed by atoms with van der Waals surface area (Å²) in [5.74, 6) is 1.02. The van der Waals surface area contributed by atoms with Gasteiger partial charge >= 0.3 is 0 Å². The number of carbonyl (C=O) groups is 2. The van der Waals surface area contributed by atoms with Crippen LogP contribution in [0.15, 0.2) is 16.9 Å². The Hall–Kier alpha value is -1.65. The quantitative estimate of drug-likeness (QED) is 0.519. The van der Waals surface area contributed by atoms with Gasteiger partial charge in [-0.25, -0.2) is 0 Å². The van der Waals surface area contributed by atoms with E-state index in [0.717, 1.165) is 37.1 Å². The van der Waals surface area contributed by atoms with Gasteiger partial charge in [-0.2, -0.15) is 0 Å². The van der Waals surface area contributed by atoms with Crippen LogP contribution in [0.2, 0.25) is 0 Å². The number of oxime groups is 1. The van der Waals surface area contributed by atoms with Gasteiger partial charge in [0.25, 0.3) is 0 Å². The van der Waals surface area contributed by atoms with E-state index in [2.05, 4.69) is 30.4 Å². The summed E-state index contributed by atoms with van der Waals surface area (Å²) < 4.78 is 0. The Morgan fingerprint density at radius 1 is 1.20 bits per heavy atom. The van der Waals surface area contributed by atoms with E-state index in [4.69, 9.17) is 0 Å². The Kier molecular flexibility index (Phi) is 4.54. The first-order valence-corrected chi connectivity index (χ1v) is 9.65. The highest BCUT2D eigenvalue weighted by molar-refractivity contribution is 5.98. The topological polar surface area (TPSA) is 78.8 Å². The number of fused-ring (bicyclic) bond motifs is 5. The van der Waals surface area contributed by atoms with Crippen LogP contribution < -0.4 is 5.32 Å². The van der Waals surface area contributed by atoms with Gasteiger partial charge in [-0.05, 0) is 37.5 Å². The lowest BCUT2D eigenvalue weighted by Gasteiger charge is -2.55. The molecule has 3 aliphatic carbocycles. The number of piperidine rings is 1. The van der Waals surface area contributed by atoms with Crippen molar-refractivity contribution < 1.29 is 14.8 Å². The molecule has 5 heteroatoms. The molecule has 2 saturated carbocycles. The van der Waals surface area contributed by atoms with Crippen molar-refractivity contribution in [3.05, 3.63) is 11.8 Å². The summed E-state index contributed by atoms with van der Waals surface area (Å²) in [7, 11) is 0. The molecule has 1 heterocycles. The molecule has 1 saturated heterocycles. The zero-order valence-electron chi connectivity index (χ0n) is 15.8. The summed E-state index contributed by atoms with van der Waals surface area (Å²) in [6, 6.07) is 0. The van der Waals surface area contributed by atoms with Gasteiger partial charge in [0.1, 0.15) is 5.78 Å². The average molecular weight is 346 g/mol. The van der Waals surface area contributed by atoms with E-state index in [1.54, 1.807) is 0 Å². The maximum Gasteiger partial charge on any atom is 0.224 e. The number of rotatable bonds is 0. The van der Waals surface area contributed by atoms with Crippen molar-refractivity contribution in [2.24, 2.45) is 33.7 Å². The van der Waals surface area contributed by atoms with E-state index >= 15 is 0 Å². The SMILES string of the molecule is CC.CC12CCC(=O)NC1=CCC1C2C(=O)CC2(C)/C(=N/O)CCC12. The third-order valence-electron chi connectivity index (χ3n) is 7.17. The van der Waals surface area contributed by atoms with Crippen LogP contribution >= 0.6 is 0 Å². The summed E-state index contributed by atoms with van der Waals surface area (Å²) in [4.78, 5) is 24.8. The third-order valence-corrected chi connectivity index (χ3v) is 7.17. The first-order valence-electron chi connectivity index (χ1n) is 9.65. The summed E-state index contributed by atoms with van der Waals surface area (Å²) in [5.41, 5.74) is 1.23. The summed E-state index contributed by atoms with van der Waals surface area (Å²) >= 11 is 0. The van der Waals surface area contributed by atoms with E-state index in [1.165, 1.54) is 0 Å². The van der Waals surface area contributed by atoms with Gasteiger partial charge in [0, 0.05) is 35.3 Å². The molecule has 1 amide bonds. The number of Topliss-reactive ketones (excluding diaryl/α,β-unsaturated/α-hetero) is 1. The molecule has 0 bridgehead atoms. The molecule has 3 fully saturated rings. The molecular weight excluding hydrogens is 316 g/mol. The predicted molar refractivity (Wildman–Crippen MR) is 96.2 cm³/mol. The van der Waals surface area contributed by atoms with Crippen LogP contribution in [0.3, 0.4) is 0 Å². The van der Waals surface area contributed by atoms with Gasteiger partial charge in [0.15, 0.2) is 0 Å². The molecule has 0 spiro atoms. The number of allylic oxidation sites excluding steroid dienone is 2. The maximum atomic E-state index is 13.1. The van der Waals surface area contributed by atoms with Gasteiger partial charge in [-0.1, -0.05) is 38.9 Å². The summed E-state index contributed by atoms with van der Waals surface area (Å²) in [5, 5.41) is 15.9. The standard InChI is InChI=1S/C18H24N2O3.C2H6/c1-17-8-7-15(22)19-13(17)5-3-10-11-4-6-14(20-23)18(11,2)9-12(21)16(10)17;1-2/h5,10-11,16,23H,3-4,6-9H2,1-2H3,(H,19,22);1-2H3/b20-14+;. The van der Waals surface area contributed by atoms with Crippen LogP contribution in [0, 0.1) is 28.6 Å². The molecule has 138 valence electrons. The minimum Gasteiger partial charge on any atom is -0.411 e. The number of nitrogens with zero attached hydrogens (tertiary/aromatic N) is 1. The Bertz CT molecular complexity index is 653. The summed E-state index contributed by atoms with van der Waals surface area (Å²) in [6.07, 6.45) is 6.48. The molecule has 0 aromatic rings. The number of ketones is 1. The smallest absolute Gasteiger partial charge is 0.224 e. The van der Waals surface area contributed by atoms with Gasteiger partial charge < -0.3 is 10.5 Å². The first-order chi connectivity index (χ1) is 11.9. The fourth-order valence-electron chi connectivity index (χ4n) is 5.99. The van der Waals surface area contributed by atoms with Gasteiger partial charge in [0.05, 0.1) is 5.71 Å². The second-order valence-electron chi connectivity index (χ2n) is 8.21. The van der Waals surface area contributed by atoms with Crippen LogP contribution in [0.1, 0.15) is 66.2 Å². The minimum atomic E-state index is -0.285. The van der Waals surface area contributed by atoms with Crippen molar-refractivity contribution in [2.75, 3.05) is 0 Å². The second kappa shape index (κ2) is 6.26. The molecule has 0 radical (unpaired) electrons.